The maximum atomic E-state index is 5.59. The first-order valence-corrected chi connectivity index (χ1v) is 21.5. The van der Waals surface area contributed by atoms with Gasteiger partial charge in [0.1, 0.15) is 5.84 Å². The number of hydrogen-bond acceptors (Lipinski definition) is 1. The van der Waals surface area contributed by atoms with Crippen molar-refractivity contribution in [3.8, 4) is 16.8 Å². The van der Waals surface area contributed by atoms with Crippen molar-refractivity contribution in [2.45, 2.75) is 31.6 Å². The highest BCUT2D eigenvalue weighted by Gasteiger charge is 2.37. The van der Waals surface area contributed by atoms with Gasteiger partial charge < -0.3 is 4.57 Å². The Morgan fingerprint density at radius 2 is 1.11 bits per heavy atom. The Morgan fingerprint density at radius 3 is 1.92 bits per heavy atom. The summed E-state index contributed by atoms with van der Waals surface area (Å²) in [5, 5.41) is 10.1. The fourth-order valence-corrected chi connectivity index (χ4v) is 11.0. The Hall–Kier alpha value is -7.49. The lowest BCUT2D eigenvalue weighted by Crippen LogP contribution is -2.26. The third kappa shape index (κ3) is 4.95. The number of nitrogens with zero attached hydrogens (tertiary/aromatic N) is 3. The lowest BCUT2D eigenvalue weighted by molar-refractivity contribution is 0.637. The second-order valence-electron chi connectivity index (χ2n) is 17.5. The molecule has 11 aromatic rings. The third-order valence-electron chi connectivity index (χ3n) is 13.8. The molecule has 0 spiro atoms. The molecule has 4 heterocycles. The lowest BCUT2D eigenvalue weighted by atomic mass is 9.72. The van der Waals surface area contributed by atoms with E-state index in [0.29, 0.717) is 0 Å². The van der Waals surface area contributed by atoms with Crippen LogP contribution >= 0.6 is 0 Å². The van der Waals surface area contributed by atoms with Gasteiger partial charge in [-0.3, -0.25) is 4.57 Å². The molecule has 2 aromatic heterocycles. The molecule has 0 amide bonds. The summed E-state index contributed by atoms with van der Waals surface area (Å²) in [5.74, 6) is 1.24. The van der Waals surface area contributed by atoms with E-state index in [1.54, 1.807) is 0 Å². The van der Waals surface area contributed by atoms with E-state index in [2.05, 4.69) is 217 Å². The Bertz CT molecular complexity index is 3700. The number of allylic oxidation sites excluding steroid dienone is 1. The summed E-state index contributed by atoms with van der Waals surface area (Å²) >= 11 is 0. The molecule has 13 rings (SSSR count). The van der Waals surface area contributed by atoms with E-state index in [0.717, 1.165) is 18.0 Å². The molecule has 9 aromatic carbocycles. The summed E-state index contributed by atoms with van der Waals surface area (Å²) in [5.41, 5.74) is 14.6. The standard InChI is InChI=1S/C58H41N3/c1-58(2)49-33-40(32-48-46-23-11-13-26-52(46)61(57(48)49)54-30-27-38-18-7-9-21-43(38)56(54)58)39-28-29-53-47(31-39)45-22-10-12-25-51(45)60(53)55-35-41(36-15-4-3-5-16-36)34-50(59-55)44-24-14-19-37-17-6-8-20-42(37)44/h3-34,41H,35H2,1-2H3. The van der Waals surface area contributed by atoms with Gasteiger partial charge in [0, 0.05) is 44.9 Å². The van der Waals surface area contributed by atoms with Crippen LogP contribution < -0.4 is 0 Å². The first-order valence-electron chi connectivity index (χ1n) is 21.5. The van der Waals surface area contributed by atoms with Crippen molar-refractivity contribution in [2.24, 2.45) is 4.99 Å². The first kappa shape index (κ1) is 34.4. The van der Waals surface area contributed by atoms with Gasteiger partial charge in [0.25, 0.3) is 0 Å². The van der Waals surface area contributed by atoms with Crippen molar-refractivity contribution in [3.63, 3.8) is 0 Å². The number of fused-ring (bicyclic) bond motifs is 11. The third-order valence-corrected chi connectivity index (χ3v) is 13.8. The molecule has 0 radical (unpaired) electrons. The Labute approximate surface area is 354 Å². The van der Waals surface area contributed by atoms with Gasteiger partial charge in [-0.15, -0.1) is 0 Å². The van der Waals surface area contributed by atoms with Crippen LogP contribution in [0.1, 0.15) is 48.4 Å². The van der Waals surface area contributed by atoms with E-state index in [9.17, 15) is 0 Å². The van der Waals surface area contributed by atoms with Crippen LogP contribution in [0.3, 0.4) is 0 Å². The quantitative estimate of drug-likeness (QED) is 0.170. The molecule has 0 saturated carbocycles. The molecule has 2 aliphatic rings. The highest BCUT2D eigenvalue weighted by atomic mass is 15.1. The molecule has 1 atom stereocenters. The Kier molecular flexibility index (Phi) is 7.19. The van der Waals surface area contributed by atoms with Crippen LogP contribution in [-0.2, 0) is 5.41 Å². The molecule has 3 heteroatoms. The molecular weight excluding hydrogens is 739 g/mol. The number of rotatable bonds is 3. The molecule has 0 bridgehead atoms. The fourth-order valence-electron chi connectivity index (χ4n) is 11.0. The lowest BCUT2D eigenvalue weighted by Gasteiger charge is -2.36. The van der Waals surface area contributed by atoms with Crippen molar-refractivity contribution in [1.82, 2.24) is 9.13 Å². The average Bonchev–Trinajstić information content (AvgIpc) is 3.83. The summed E-state index contributed by atoms with van der Waals surface area (Å²) < 4.78 is 4.97. The van der Waals surface area contributed by atoms with Crippen molar-refractivity contribution >= 4 is 76.7 Å². The average molecular weight is 780 g/mol. The monoisotopic (exact) mass is 779 g/mol. The number of aliphatic imine (C=N–C) groups is 1. The minimum Gasteiger partial charge on any atom is -0.309 e. The molecular formula is C58H41N3. The SMILES string of the molecule is CC1(C)c2c(ccc3ccccc23)-n2c3ccccc3c3cc(-c4ccc5c(c4)c4ccccc4n5C4=NC(c5cccc6ccccc56)=CC(c5ccccc5)C4)cc1c32. The molecule has 1 unspecified atom stereocenters. The highest BCUT2D eigenvalue weighted by molar-refractivity contribution is 6.17. The van der Waals surface area contributed by atoms with E-state index >= 15 is 0 Å². The van der Waals surface area contributed by atoms with Gasteiger partial charge in [0.15, 0.2) is 0 Å². The van der Waals surface area contributed by atoms with Crippen LogP contribution in [0.2, 0.25) is 0 Å². The summed E-state index contributed by atoms with van der Waals surface area (Å²) in [7, 11) is 0. The molecule has 0 saturated heterocycles. The molecule has 3 nitrogen and oxygen atoms in total. The van der Waals surface area contributed by atoms with E-state index in [4.69, 9.17) is 4.99 Å². The smallest absolute Gasteiger partial charge is 0.115 e. The largest absolute Gasteiger partial charge is 0.309 e. The first-order chi connectivity index (χ1) is 30.0. The number of benzene rings is 9. The molecule has 0 N–H and O–H groups in total. The topological polar surface area (TPSA) is 22.2 Å². The molecule has 61 heavy (non-hydrogen) atoms. The van der Waals surface area contributed by atoms with Gasteiger partial charge in [-0.2, -0.15) is 0 Å². The minimum atomic E-state index is -0.237. The summed E-state index contributed by atoms with van der Waals surface area (Å²) in [6.07, 6.45) is 3.18. The van der Waals surface area contributed by atoms with Gasteiger partial charge in [0.2, 0.25) is 0 Å². The van der Waals surface area contributed by atoms with E-state index in [-0.39, 0.29) is 11.3 Å². The van der Waals surface area contributed by atoms with Crippen LogP contribution in [0, 0.1) is 0 Å². The van der Waals surface area contributed by atoms with Crippen molar-refractivity contribution in [1.29, 1.82) is 0 Å². The van der Waals surface area contributed by atoms with Gasteiger partial charge >= 0.3 is 0 Å². The highest BCUT2D eigenvalue weighted by Crippen LogP contribution is 2.51. The van der Waals surface area contributed by atoms with Gasteiger partial charge in [0.05, 0.1) is 33.5 Å². The summed E-state index contributed by atoms with van der Waals surface area (Å²) in [4.78, 5) is 5.59. The second-order valence-corrected chi connectivity index (χ2v) is 17.5. The van der Waals surface area contributed by atoms with Crippen LogP contribution in [0.4, 0.5) is 0 Å². The minimum absolute atomic E-state index is 0.176. The van der Waals surface area contributed by atoms with Crippen LogP contribution in [0.5, 0.6) is 0 Å². The maximum Gasteiger partial charge on any atom is 0.115 e. The van der Waals surface area contributed by atoms with Crippen molar-refractivity contribution in [2.75, 3.05) is 0 Å². The van der Waals surface area contributed by atoms with Crippen LogP contribution in [0.15, 0.2) is 199 Å². The Balaban J connectivity index is 1.02. The number of aromatic nitrogens is 2. The molecule has 2 aliphatic heterocycles. The fraction of sp³-hybridized carbons (Fsp3) is 0.0862. The zero-order chi connectivity index (χ0) is 40.4. The van der Waals surface area contributed by atoms with Crippen LogP contribution in [0.25, 0.3) is 87.7 Å². The summed E-state index contributed by atoms with van der Waals surface area (Å²) in [6.45, 7) is 4.84. The maximum absolute atomic E-state index is 5.59. The number of para-hydroxylation sites is 2. The molecule has 0 fully saturated rings. The second kappa shape index (κ2) is 12.8. The predicted molar refractivity (Wildman–Crippen MR) is 257 cm³/mol. The normalized spacial score (nSPS) is 15.8. The van der Waals surface area contributed by atoms with E-state index < -0.39 is 0 Å². The molecule has 0 aliphatic carbocycles. The van der Waals surface area contributed by atoms with Crippen LogP contribution in [-0.4, -0.2) is 15.0 Å². The Morgan fingerprint density at radius 1 is 0.492 bits per heavy atom. The molecule has 288 valence electrons. The predicted octanol–water partition coefficient (Wildman–Crippen LogP) is 15.0. The van der Waals surface area contributed by atoms with E-state index in [1.165, 1.54) is 104 Å². The number of hydrogen-bond donors (Lipinski definition) is 0. The van der Waals surface area contributed by atoms with E-state index in [1.807, 2.05) is 0 Å². The van der Waals surface area contributed by atoms with Gasteiger partial charge in [-0.1, -0.05) is 166 Å². The van der Waals surface area contributed by atoms with Gasteiger partial charge in [-0.05, 0) is 91.8 Å². The van der Waals surface area contributed by atoms with Crippen molar-refractivity contribution in [3.05, 3.63) is 216 Å². The summed E-state index contributed by atoms with van der Waals surface area (Å²) in [6, 6.07) is 69.5. The zero-order valence-corrected chi connectivity index (χ0v) is 34.1. The zero-order valence-electron chi connectivity index (χ0n) is 34.1. The van der Waals surface area contributed by atoms with Gasteiger partial charge in [-0.25, -0.2) is 4.99 Å². The van der Waals surface area contributed by atoms with Crippen molar-refractivity contribution < 1.29 is 0 Å².